The SMILES string of the molecule is CCCC1CCc2c(ccc(-c3cccc(F)c3F)c2F)C1. The zero-order valence-electron chi connectivity index (χ0n) is 12.6. The van der Waals surface area contributed by atoms with Crippen LogP contribution in [0.15, 0.2) is 30.3 Å². The lowest BCUT2D eigenvalue weighted by Gasteiger charge is -2.25. The van der Waals surface area contributed by atoms with Crippen LogP contribution >= 0.6 is 0 Å². The van der Waals surface area contributed by atoms with Gasteiger partial charge < -0.3 is 0 Å². The summed E-state index contributed by atoms with van der Waals surface area (Å²) >= 11 is 0. The zero-order valence-corrected chi connectivity index (χ0v) is 12.6. The molecule has 1 aliphatic rings. The Bertz CT molecular complexity index is 691. The molecule has 0 radical (unpaired) electrons. The second-order valence-corrected chi connectivity index (χ2v) is 6.06. The van der Waals surface area contributed by atoms with Gasteiger partial charge in [-0.05, 0) is 42.4 Å². The van der Waals surface area contributed by atoms with Gasteiger partial charge in [0.05, 0.1) is 0 Å². The predicted octanol–water partition coefficient (Wildman–Crippen LogP) is 5.68. The molecular weight excluding hydrogens is 285 g/mol. The van der Waals surface area contributed by atoms with Crippen molar-refractivity contribution >= 4 is 0 Å². The number of hydrogen-bond donors (Lipinski definition) is 0. The van der Waals surface area contributed by atoms with Crippen molar-refractivity contribution < 1.29 is 13.2 Å². The Labute approximate surface area is 129 Å². The highest BCUT2D eigenvalue weighted by atomic mass is 19.2. The van der Waals surface area contributed by atoms with Crippen LogP contribution < -0.4 is 0 Å². The lowest BCUT2D eigenvalue weighted by Crippen LogP contribution is -2.16. The molecule has 3 heteroatoms. The summed E-state index contributed by atoms with van der Waals surface area (Å²) in [6, 6.07) is 7.33. The molecule has 0 amide bonds. The van der Waals surface area contributed by atoms with Crippen LogP contribution in [0.25, 0.3) is 11.1 Å². The Kier molecular flexibility index (Phi) is 4.23. The molecule has 1 atom stereocenters. The lowest BCUT2D eigenvalue weighted by atomic mass is 9.80. The van der Waals surface area contributed by atoms with Crippen LogP contribution in [0.2, 0.25) is 0 Å². The summed E-state index contributed by atoms with van der Waals surface area (Å²) in [5.74, 6) is -1.72. The van der Waals surface area contributed by atoms with Crippen molar-refractivity contribution in [2.24, 2.45) is 5.92 Å². The van der Waals surface area contributed by atoms with Gasteiger partial charge in [0, 0.05) is 11.1 Å². The molecule has 0 fully saturated rings. The molecule has 0 aliphatic heterocycles. The molecule has 0 bridgehead atoms. The molecule has 1 aliphatic carbocycles. The predicted molar refractivity (Wildman–Crippen MR) is 82.2 cm³/mol. The van der Waals surface area contributed by atoms with Gasteiger partial charge in [0.1, 0.15) is 5.82 Å². The van der Waals surface area contributed by atoms with Crippen molar-refractivity contribution in [3.8, 4) is 11.1 Å². The minimum absolute atomic E-state index is 0.00372. The monoisotopic (exact) mass is 304 g/mol. The third kappa shape index (κ3) is 2.65. The molecule has 1 unspecified atom stereocenters. The average molecular weight is 304 g/mol. The minimum Gasteiger partial charge on any atom is -0.206 e. The maximum atomic E-state index is 14.8. The number of halogens is 3. The van der Waals surface area contributed by atoms with E-state index in [0.29, 0.717) is 17.9 Å². The highest BCUT2D eigenvalue weighted by Crippen LogP contribution is 2.35. The maximum absolute atomic E-state index is 14.8. The number of rotatable bonds is 3. The first-order valence-electron chi connectivity index (χ1n) is 7.86. The van der Waals surface area contributed by atoms with Gasteiger partial charge in [-0.2, -0.15) is 0 Å². The fourth-order valence-electron chi connectivity index (χ4n) is 3.46. The Balaban J connectivity index is 2.01. The van der Waals surface area contributed by atoms with Crippen molar-refractivity contribution in [2.45, 2.75) is 39.0 Å². The van der Waals surface area contributed by atoms with Gasteiger partial charge in [-0.1, -0.05) is 44.0 Å². The first-order chi connectivity index (χ1) is 10.6. The van der Waals surface area contributed by atoms with Gasteiger partial charge in [0.15, 0.2) is 11.6 Å². The van der Waals surface area contributed by atoms with Crippen LogP contribution in [0.5, 0.6) is 0 Å². The van der Waals surface area contributed by atoms with Crippen molar-refractivity contribution in [3.63, 3.8) is 0 Å². The van der Waals surface area contributed by atoms with Crippen LogP contribution in [-0.2, 0) is 12.8 Å². The molecule has 0 N–H and O–H groups in total. The summed E-state index contributed by atoms with van der Waals surface area (Å²) < 4.78 is 42.1. The molecular formula is C19H19F3. The zero-order chi connectivity index (χ0) is 15.7. The van der Waals surface area contributed by atoms with Crippen LogP contribution in [0.4, 0.5) is 13.2 Å². The summed E-state index contributed by atoms with van der Waals surface area (Å²) in [5.41, 5.74) is 1.84. The van der Waals surface area contributed by atoms with Gasteiger partial charge >= 0.3 is 0 Å². The Morgan fingerprint density at radius 2 is 1.77 bits per heavy atom. The fourth-order valence-corrected chi connectivity index (χ4v) is 3.46. The fraction of sp³-hybridized carbons (Fsp3) is 0.368. The highest BCUT2D eigenvalue weighted by Gasteiger charge is 2.23. The quantitative estimate of drug-likeness (QED) is 0.684. The molecule has 2 aromatic carbocycles. The van der Waals surface area contributed by atoms with E-state index in [4.69, 9.17) is 0 Å². The van der Waals surface area contributed by atoms with Crippen LogP contribution in [0.1, 0.15) is 37.3 Å². The molecule has 22 heavy (non-hydrogen) atoms. The lowest BCUT2D eigenvalue weighted by molar-refractivity contribution is 0.414. The molecule has 0 saturated heterocycles. The van der Waals surface area contributed by atoms with Gasteiger partial charge in [-0.3, -0.25) is 0 Å². The standard InChI is InChI=1S/C19H19F3/c1-2-4-12-7-9-14-13(11-12)8-10-16(18(14)21)15-5-3-6-17(20)19(15)22/h3,5-6,8,10,12H,2,4,7,9,11H2,1H3. The molecule has 0 nitrogen and oxygen atoms in total. The van der Waals surface area contributed by atoms with E-state index in [1.165, 1.54) is 12.1 Å². The molecule has 0 aromatic heterocycles. The van der Waals surface area contributed by atoms with Crippen molar-refractivity contribution in [3.05, 3.63) is 58.9 Å². The van der Waals surface area contributed by atoms with Crippen LogP contribution in [0.3, 0.4) is 0 Å². The van der Waals surface area contributed by atoms with E-state index < -0.39 is 17.5 Å². The van der Waals surface area contributed by atoms with Gasteiger partial charge in [0.2, 0.25) is 0 Å². The van der Waals surface area contributed by atoms with E-state index in [2.05, 4.69) is 6.92 Å². The largest absolute Gasteiger partial charge is 0.206 e. The van der Waals surface area contributed by atoms with Crippen molar-refractivity contribution in [2.75, 3.05) is 0 Å². The smallest absolute Gasteiger partial charge is 0.166 e. The highest BCUT2D eigenvalue weighted by molar-refractivity contribution is 5.67. The normalized spacial score (nSPS) is 17.4. The summed E-state index contributed by atoms with van der Waals surface area (Å²) in [6.07, 6.45) is 4.81. The van der Waals surface area contributed by atoms with E-state index in [1.807, 2.05) is 6.07 Å². The van der Waals surface area contributed by atoms with Crippen LogP contribution in [0, 0.1) is 23.4 Å². The van der Waals surface area contributed by atoms with Gasteiger partial charge in [-0.15, -0.1) is 0 Å². The number of fused-ring (bicyclic) bond motifs is 1. The first-order valence-corrected chi connectivity index (χ1v) is 7.86. The second kappa shape index (κ2) is 6.15. The summed E-state index contributed by atoms with van der Waals surface area (Å²) in [4.78, 5) is 0. The third-order valence-corrected chi connectivity index (χ3v) is 4.59. The number of benzene rings is 2. The maximum Gasteiger partial charge on any atom is 0.166 e. The summed E-state index contributed by atoms with van der Waals surface area (Å²) in [5, 5.41) is 0. The Morgan fingerprint density at radius 1 is 1.00 bits per heavy atom. The van der Waals surface area contributed by atoms with E-state index in [-0.39, 0.29) is 11.1 Å². The van der Waals surface area contributed by atoms with E-state index in [9.17, 15) is 13.2 Å². The summed E-state index contributed by atoms with van der Waals surface area (Å²) in [6.45, 7) is 2.16. The van der Waals surface area contributed by atoms with E-state index in [0.717, 1.165) is 37.3 Å². The van der Waals surface area contributed by atoms with Gasteiger partial charge in [0.25, 0.3) is 0 Å². The van der Waals surface area contributed by atoms with Gasteiger partial charge in [-0.25, -0.2) is 13.2 Å². The minimum atomic E-state index is -0.985. The Morgan fingerprint density at radius 3 is 2.55 bits per heavy atom. The third-order valence-electron chi connectivity index (χ3n) is 4.59. The van der Waals surface area contributed by atoms with Crippen molar-refractivity contribution in [1.29, 1.82) is 0 Å². The number of hydrogen-bond acceptors (Lipinski definition) is 0. The molecule has 0 saturated carbocycles. The average Bonchev–Trinajstić information content (AvgIpc) is 2.51. The topological polar surface area (TPSA) is 0 Å². The molecule has 0 heterocycles. The van der Waals surface area contributed by atoms with E-state index >= 15 is 0 Å². The Hall–Kier alpha value is -1.77. The molecule has 0 spiro atoms. The second-order valence-electron chi connectivity index (χ2n) is 6.06. The molecule has 2 aromatic rings. The summed E-state index contributed by atoms with van der Waals surface area (Å²) in [7, 11) is 0. The molecule has 116 valence electrons. The van der Waals surface area contributed by atoms with E-state index in [1.54, 1.807) is 6.07 Å². The first kappa shape index (κ1) is 15.1. The molecule has 3 rings (SSSR count). The van der Waals surface area contributed by atoms with Crippen molar-refractivity contribution in [1.82, 2.24) is 0 Å². The van der Waals surface area contributed by atoms with Crippen LogP contribution in [-0.4, -0.2) is 0 Å².